The second-order valence-electron chi connectivity index (χ2n) is 4.23. The van der Waals surface area contributed by atoms with Crippen molar-refractivity contribution in [2.45, 2.75) is 0 Å². The Kier molecular flexibility index (Phi) is 4.84. The number of anilines is 2. The van der Waals surface area contributed by atoms with E-state index in [0.29, 0.717) is 11.4 Å². The lowest BCUT2D eigenvalue weighted by molar-refractivity contribution is -0.384. The summed E-state index contributed by atoms with van der Waals surface area (Å²) in [6.07, 6.45) is 0. The first kappa shape index (κ1) is 15.6. The normalized spacial score (nSPS) is 9.91. The second kappa shape index (κ2) is 6.81. The molecule has 22 heavy (non-hydrogen) atoms. The highest BCUT2D eigenvalue weighted by atomic mass is 32.1. The highest BCUT2D eigenvalue weighted by Crippen LogP contribution is 2.22. The number of nitro groups is 1. The van der Waals surface area contributed by atoms with E-state index in [4.69, 9.17) is 17.0 Å². The molecule has 0 fully saturated rings. The van der Waals surface area contributed by atoms with Gasteiger partial charge in [-0.05, 0) is 42.5 Å². The van der Waals surface area contributed by atoms with Gasteiger partial charge in [-0.3, -0.25) is 10.1 Å². The van der Waals surface area contributed by atoms with E-state index in [1.54, 1.807) is 31.4 Å². The molecule has 0 bridgehead atoms. The summed E-state index contributed by atoms with van der Waals surface area (Å²) in [7, 11) is 1.56. The number of thiocarbonyl (C=S) groups is 1. The van der Waals surface area contributed by atoms with Crippen LogP contribution < -0.4 is 15.4 Å². The first-order chi connectivity index (χ1) is 10.5. The number of rotatable bonds is 4. The Morgan fingerprint density at radius 2 is 1.91 bits per heavy atom. The SMILES string of the molecule is COc1ccc(NC(=S)Nc2cc([N+](=O)[O-])ccc2F)cc1. The standard InChI is InChI=1S/C14H12FN3O3S/c1-21-11-5-2-9(3-6-11)16-14(22)17-13-8-10(18(19)20)4-7-12(13)15/h2-8H,1H3,(H2,16,17,22). The van der Waals surface area contributed by atoms with Gasteiger partial charge in [0.1, 0.15) is 11.6 Å². The number of nitrogens with one attached hydrogen (secondary N) is 2. The number of halogens is 1. The summed E-state index contributed by atoms with van der Waals surface area (Å²) >= 11 is 5.06. The number of methoxy groups -OCH3 is 1. The van der Waals surface area contributed by atoms with Gasteiger partial charge in [0.05, 0.1) is 17.7 Å². The van der Waals surface area contributed by atoms with E-state index < -0.39 is 10.7 Å². The zero-order valence-corrected chi connectivity index (χ0v) is 12.3. The number of non-ortho nitro benzene ring substituents is 1. The van der Waals surface area contributed by atoms with E-state index in [9.17, 15) is 14.5 Å². The first-order valence-electron chi connectivity index (χ1n) is 6.15. The Bertz CT molecular complexity index is 707. The van der Waals surface area contributed by atoms with Crippen LogP contribution in [0.4, 0.5) is 21.5 Å². The summed E-state index contributed by atoms with van der Waals surface area (Å²) in [5, 5.41) is 16.3. The van der Waals surface area contributed by atoms with Gasteiger partial charge in [-0.2, -0.15) is 0 Å². The zero-order valence-electron chi connectivity index (χ0n) is 11.5. The van der Waals surface area contributed by atoms with Crippen LogP contribution in [0.3, 0.4) is 0 Å². The Morgan fingerprint density at radius 1 is 1.23 bits per heavy atom. The van der Waals surface area contributed by atoms with Crippen molar-refractivity contribution in [2.75, 3.05) is 17.7 Å². The van der Waals surface area contributed by atoms with Crippen molar-refractivity contribution in [3.8, 4) is 5.75 Å². The van der Waals surface area contributed by atoms with Gasteiger partial charge >= 0.3 is 0 Å². The number of hydrogen-bond donors (Lipinski definition) is 2. The number of hydrogen-bond acceptors (Lipinski definition) is 4. The molecule has 0 aliphatic carbocycles. The van der Waals surface area contributed by atoms with Crippen LogP contribution >= 0.6 is 12.2 Å². The summed E-state index contributed by atoms with van der Waals surface area (Å²) in [5.74, 6) is 0.0543. The fourth-order valence-corrected chi connectivity index (χ4v) is 1.91. The maximum absolute atomic E-state index is 13.6. The lowest BCUT2D eigenvalue weighted by Gasteiger charge is -2.11. The van der Waals surface area contributed by atoms with Crippen LogP contribution in [0, 0.1) is 15.9 Å². The minimum absolute atomic E-state index is 0.0692. The molecule has 0 amide bonds. The maximum Gasteiger partial charge on any atom is 0.271 e. The van der Waals surface area contributed by atoms with Gasteiger partial charge < -0.3 is 15.4 Å². The quantitative estimate of drug-likeness (QED) is 0.509. The topological polar surface area (TPSA) is 76.4 Å². The molecule has 0 unspecified atom stereocenters. The Morgan fingerprint density at radius 3 is 2.50 bits per heavy atom. The number of ether oxygens (including phenoxy) is 1. The summed E-state index contributed by atoms with van der Waals surface area (Å²) in [6.45, 7) is 0. The van der Waals surface area contributed by atoms with Crippen LogP contribution in [-0.2, 0) is 0 Å². The first-order valence-corrected chi connectivity index (χ1v) is 6.56. The average Bonchev–Trinajstić information content (AvgIpc) is 2.50. The fraction of sp³-hybridized carbons (Fsp3) is 0.0714. The van der Waals surface area contributed by atoms with Crippen molar-refractivity contribution in [3.63, 3.8) is 0 Å². The maximum atomic E-state index is 13.6. The molecule has 0 saturated heterocycles. The van der Waals surface area contributed by atoms with Gasteiger partial charge in [-0.1, -0.05) is 0 Å². The van der Waals surface area contributed by atoms with Crippen molar-refractivity contribution >= 4 is 34.4 Å². The van der Waals surface area contributed by atoms with Gasteiger partial charge in [0, 0.05) is 17.8 Å². The largest absolute Gasteiger partial charge is 0.497 e. The van der Waals surface area contributed by atoms with E-state index in [1.807, 2.05) is 0 Å². The number of benzene rings is 2. The molecule has 0 radical (unpaired) electrons. The fourth-order valence-electron chi connectivity index (χ4n) is 1.68. The molecule has 2 aromatic carbocycles. The summed E-state index contributed by atoms with van der Waals surface area (Å²) in [6, 6.07) is 10.1. The minimum Gasteiger partial charge on any atom is -0.497 e. The van der Waals surface area contributed by atoms with Crippen LogP contribution in [0.5, 0.6) is 5.75 Å². The zero-order chi connectivity index (χ0) is 16.1. The van der Waals surface area contributed by atoms with Gasteiger partial charge in [0.25, 0.3) is 5.69 Å². The van der Waals surface area contributed by atoms with Crippen LogP contribution in [-0.4, -0.2) is 17.1 Å². The second-order valence-corrected chi connectivity index (χ2v) is 4.64. The average molecular weight is 321 g/mol. The molecular formula is C14H12FN3O3S. The third-order valence-corrected chi connectivity index (χ3v) is 2.96. The molecule has 0 atom stereocenters. The van der Waals surface area contributed by atoms with Crippen molar-refractivity contribution in [1.82, 2.24) is 0 Å². The smallest absolute Gasteiger partial charge is 0.271 e. The van der Waals surface area contributed by atoms with E-state index in [2.05, 4.69) is 10.6 Å². The molecule has 0 spiro atoms. The molecule has 0 aromatic heterocycles. The molecule has 8 heteroatoms. The molecular weight excluding hydrogens is 309 g/mol. The van der Waals surface area contributed by atoms with Crippen LogP contribution in [0.1, 0.15) is 0 Å². The van der Waals surface area contributed by atoms with Crippen molar-refractivity contribution in [1.29, 1.82) is 0 Å². The highest BCUT2D eigenvalue weighted by Gasteiger charge is 2.11. The van der Waals surface area contributed by atoms with Gasteiger partial charge in [0.15, 0.2) is 5.11 Å². The monoisotopic (exact) mass is 321 g/mol. The molecule has 2 aromatic rings. The minimum atomic E-state index is -0.635. The van der Waals surface area contributed by atoms with E-state index in [0.717, 1.165) is 18.2 Å². The molecule has 114 valence electrons. The highest BCUT2D eigenvalue weighted by molar-refractivity contribution is 7.80. The number of nitro benzene ring substituents is 1. The number of nitrogens with zero attached hydrogens (tertiary/aromatic N) is 1. The van der Waals surface area contributed by atoms with E-state index >= 15 is 0 Å². The van der Waals surface area contributed by atoms with Crippen LogP contribution in [0.15, 0.2) is 42.5 Å². The van der Waals surface area contributed by atoms with E-state index in [-0.39, 0.29) is 16.5 Å². The van der Waals surface area contributed by atoms with Crippen molar-refractivity contribution in [2.24, 2.45) is 0 Å². The Balaban J connectivity index is 2.08. The molecule has 2 rings (SSSR count). The van der Waals surface area contributed by atoms with Gasteiger partial charge in [0.2, 0.25) is 0 Å². The predicted octanol–water partition coefficient (Wildman–Crippen LogP) is 3.55. The summed E-state index contributed by atoms with van der Waals surface area (Å²) < 4.78 is 18.7. The van der Waals surface area contributed by atoms with Crippen molar-refractivity contribution < 1.29 is 14.1 Å². The summed E-state index contributed by atoms with van der Waals surface area (Å²) in [5.41, 5.74) is 0.375. The lowest BCUT2D eigenvalue weighted by atomic mass is 10.2. The summed E-state index contributed by atoms with van der Waals surface area (Å²) in [4.78, 5) is 10.1. The third kappa shape index (κ3) is 3.89. The van der Waals surface area contributed by atoms with Gasteiger partial charge in [-0.25, -0.2) is 4.39 Å². The lowest BCUT2D eigenvalue weighted by Crippen LogP contribution is -2.19. The molecule has 0 heterocycles. The molecule has 0 aliphatic rings. The molecule has 6 nitrogen and oxygen atoms in total. The Labute approximate surface area is 131 Å². The van der Waals surface area contributed by atoms with Crippen LogP contribution in [0.2, 0.25) is 0 Å². The van der Waals surface area contributed by atoms with Gasteiger partial charge in [-0.15, -0.1) is 0 Å². The molecule has 0 aliphatic heterocycles. The van der Waals surface area contributed by atoms with Crippen LogP contribution in [0.25, 0.3) is 0 Å². The Hall–Kier alpha value is -2.74. The van der Waals surface area contributed by atoms with E-state index in [1.165, 1.54) is 0 Å². The third-order valence-electron chi connectivity index (χ3n) is 2.76. The molecule has 2 N–H and O–H groups in total. The predicted molar refractivity (Wildman–Crippen MR) is 85.9 cm³/mol. The molecule has 0 saturated carbocycles. The van der Waals surface area contributed by atoms with Crippen molar-refractivity contribution in [3.05, 3.63) is 58.4 Å².